The summed E-state index contributed by atoms with van der Waals surface area (Å²) < 4.78 is 19.4. The molecule has 1 aromatic rings. The van der Waals surface area contributed by atoms with Crippen LogP contribution in [0.25, 0.3) is 0 Å². The van der Waals surface area contributed by atoms with Crippen LogP contribution in [0.3, 0.4) is 0 Å². The highest BCUT2D eigenvalue weighted by molar-refractivity contribution is 6.60. The highest BCUT2D eigenvalue weighted by Gasteiger charge is 2.43. The monoisotopic (exact) mass is 349 g/mol. The average Bonchev–Trinajstić information content (AvgIpc) is 2.81. The second kappa shape index (κ2) is 6.32. The van der Waals surface area contributed by atoms with E-state index in [4.69, 9.17) is 14.0 Å². The molecule has 138 valence electrons. The zero-order valence-electron chi connectivity index (χ0n) is 16.0. The number of amides is 1. The van der Waals surface area contributed by atoms with Gasteiger partial charge in [-0.25, -0.2) is 4.79 Å². The normalized spacial score (nSPS) is 24.2. The molecule has 8 heteroatoms. The van der Waals surface area contributed by atoms with Crippen LogP contribution in [0.5, 0.6) is 0 Å². The Morgan fingerprint density at radius 3 is 2.68 bits per heavy atom. The van der Waals surface area contributed by atoms with Crippen molar-refractivity contribution in [3.63, 3.8) is 0 Å². The standard InChI is InChI=1S/C17H28BN3O4/c1-12-9-17(5,6)25-18(24-12)14-7-8-19-21(14)13-10-20(11-13)15(22)23-16(2,3)4/h7-8,12-13H,9-11H2,1-6H3/t12-/m1/s1. The molecule has 25 heavy (non-hydrogen) atoms. The van der Waals surface area contributed by atoms with E-state index < -0.39 is 12.7 Å². The van der Waals surface area contributed by atoms with E-state index in [-0.39, 0.29) is 23.8 Å². The van der Waals surface area contributed by atoms with Gasteiger partial charge in [0.15, 0.2) is 0 Å². The number of nitrogens with zero attached hydrogens (tertiary/aromatic N) is 3. The number of carbonyl (C=O) groups excluding carboxylic acids is 1. The van der Waals surface area contributed by atoms with Gasteiger partial charge < -0.3 is 18.9 Å². The van der Waals surface area contributed by atoms with Crippen LogP contribution in [0.1, 0.15) is 54.0 Å². The van der Waals surface area contributed by atoms with E-state index in [9.17, 15) is 4.79 Å². The van der Waals surface area contributed by atoms with E-state index in [1.165, 1.54) is 0 Å². The quantitative estimate of drug-likeness (QED) is 0.764. The zero-order valence-corrected chi connectivity index (χ0v) is 16.0. The van der Waals surface area contributed by atoms with Gasteiger partial charge in [-0.3, -0.25) is 4.68 Å². The molecule has 0 radical (unpaired) electrons. The third-order valence-electron chi connectivity index (χ3n) is 4.36. The van der Waals surface area contributed by atoms with Crippen LogP contribution in [0.15, 0.2) is 12.3 Å². The molecule has 3 heterocycles. The zero-order chi connectivity index (χ0) is 18.4. The molecule has 2 aliphatic heterocycles. The molecule has 1 atom stereocenters. The molecule has 1 aromatic heterocycles. The van der Waals surface area contributed by atoms with Crippen molar-refractivity contribution >= 4 is 18.8 Å². The highest BCUT2D eigenvalue weighted by atomic mass is 16.6. The Bertz CT molecular complexity index is 634. The molecule has 0 spiro atoms. The predicted octanol–water partition coefficient (Wildman–Crippen LogP) is 1.97. The lowest BCUT2D eigenvalue weighted by atomic mass is 9.78. The van der Waals surface area contributed by atoms with Gasteiger partial charge in [-0.15, -0.1) is 0 Å². The number of ether oxygens (including phenoxy) is 1. The molecule has 0 bridgehead atoms. The Kier molecular flexibility index (Phi) is 4.62. The van der Waals surface area contributed by atoms with E-state index in [1.54, 1.807) is 11.1 Å². The van der Waals surface area contributed by atoms with E-state index in [2.05, 4.69) is 25.9 Å². The molecule has 2 fully saturated rings. The van der Waals surface area contributed by atoms with Crippen molar-refractivity contribution in [1.29, 1.82) is 0 Å². The van der Waals surface area contributed by atoms with E-state index >= 15 is 0 Å². The molecule has 2 saturated heterocycles. The van der Waals surface area contributed by atoms with Gasteiger partial charge in [0, 0.05) is 25.4 Å². The minimum Gasteiger partial charge on any atom is -0.444 e. The van der Waals surface area contributed by atoms with Crippen LogP contribution < -0.4 is 5.59 Å². The van der Waals surface area contributed by atoms with Crippen molar-refractivity contribution in [2.24, 2.45) is 0 Å². The van der Waals surface area contributed by atoms with Crippen molar-refractivity contribution in [2.75, 3.05) is 13.1 Å². The summed E-state index contributed by atoms with van der Waals surface area (Å²) >= 11 is 0. The topological polar surface area (TPSA) is 65.8 Å². The van der Waals surface area contributed by atoms with Crippen molar-refractivity contribution in [1.82, 2.24) is 14.7 Å². The number of hydrogen-bond donors (Lipinski definition) is 0. The van der Waals surface area contributed by atoms with Gasteiger partial charge in [0.25, 0.3) is 0 Å². The molecule has 0 aliphatic carbocycles. The third-order valence-corrected chi connectivity index (χ3v) is 4.36. The summed E-state index contributed by atoms with van der Waals surface area (Å²) in [5, 5.41) is 4.43. The first-order valence-corrected chi connectivity index (χ1v) is 8.89. The minimum atomic E-state index is -0.482. The Morgan fingerprint density at radius 1 is 1.40 bits per heavy atom. The molecule has 3 rings (SSSR count). The highest BCUT2D eigenvalue weighted by Crippen LogP contribution is 2.27. The van der Waals surface area contributed by atoms with E-state index in [1.807, 2.05) is 31.5 Å². The lowest BCUT2D eigenvalue weighted by Gasteiger charge is -2.42. The van der Waals surface area contributed by atoms with Crippen LogP contribution in [0.4, 0.5) is 4.79 Å². The van der Waals surface area contributed by atoms with Crippen molar-refractivity contribution < 1.29 is 18.8 Å². The number of rotatable bonds is 2. The first-order valence-electron chi connectivity index (χ1n) is 8.89. The third kappa shape index (κ3) is 4.18. The van der Waals surface area contributed by atoms with Crippen molar-refractivity contribution in [3.8, 4) is 0 Å². The summed E-state index contributed by atoms with van der Waals surface area (Å²) in [7, 11) is -0.433. The summed E-state index contributed by atoms with van der Waals surface area (Å²) in [4.78, 5) is 13.8. The summed E-state index contributed by atoms with van der Waals surface area (Å²) in [5.41, 5.74) is 0.179. The number of carbonyl (C=O) groups is 1. The summed E-state index contributed by atoms with van der Waals surface area (Å²) in [6.45, 7) is 13.0. The first kappa shape index (κ1) is 18.3. The Hall–Kier alpha value is -1.54. The smallest absolute Gasteiger partial charge is 0.444 e. The fourth-order valence-electron chi connectivity index (χ4n) is 3.35. The predicted molar refractivity (Wildman–Crippen MR) is 94.8 cm³/mol. The lowest BCUT2D eigenvalue weighted by Crippen LogP contribution is -2.58. The van der Waals surface area contributed by atoms with Gasteiger partial charge in [0.1, 0.15) is 5.60 Å². The summed E-state index contributed by atoms with van der Waals surface area (Å²) in [6.07, 6.45) is 2.45. The van der Waals surface area contributed by atoms with Gasteiger partial charge in [0.2, 0.25) is 0 Å². The molecular formula is C17H28BN3O4. The molecule has 7 nitrogen and oxygen atoms in total. The molecule has 2 aliphatic rings. The fraction of sp³-hybridized carbons (Fsp3) is 0.765. The SMILES string of the molecule is C[C@@H]1CC(C)(C)OB(c2ccnn2C2CN(C(=O)OC(C)(C)C)C2)O1. The Labute approximate surface area is 149 Å². The molecular weight excluding hydrogens is 321 g/mol. The number of likely N-dealkylation sites (tertiary alicyclic amines) is 1. The van der Waals surface area contributed by atoms with E-state index in [0.717, 1.165) is 12.0 Å². The Balaban J connectivity index is 1.65. The maximum absolute atomic E-state index is 12.1. The fourth-order valence-corrected chi connectivity index (χ4v) is 3.35. The first-order chi connectivity index (χ1) is 11.5. The van der Waals surface area contributed by atoms with Crippen LogP contribution in [-0.4, -0.2) is 58.3 Å². The van der Waals surface area contributed by atoms with Gasteiger partial charge in [-0.1, -0.05) is 0 Å². The van der Waals surface area contributed by atoms with Gasteiger partial charge in [-0.05, 0) is 54.0 Å². The van der Waals surface area contributed by atoms with Crippen molar-refractivity contribution in [2.45, 2.75) is 71.3 Å². The summed E-state index contributed by atoms with van der Waals surface area (Å²) in [6, 6.07) is 2.04. The maximum atomic E-state index is 12.1. The van der Waals surface area contributed by atoms with Crippen LogP contribution in [0.2, 0.25) is 0 Å². The molecule has 0 aromatic carbocycles. The van der Waals surface area contributed by atoms with Crippen LogP contribution >= 0.6 is 0 Å². The largest absolute Gasteiger partial charge is 0.513 e. The molecule has 1 amide bonds. The minimum absolute atomic E-state index is 0.116. The Morgan fingerprint density at radius 2 is 2.08 bits per heavy atom. The van der Waals surface area contributed by atoms with Gasteiger partial charge in [-0.2, -0.15) is 5.10 Å². The van der Waals surface area contributed by atoms with Crippen LogP contribution in [0, 0.1) is 0 Å². The molecule has 0 unspecified atom stereocenters. The lowest BCUT2D eigenvalue weighted by molar-refractivity contribution is -0.0242. The summed E-state index contributed by atoms with van der Waals surface area (Å²) in [5.74, 6) is 0. The average molecular weight is 349 g/mol. The maximum Gasteiger partial charge on any atom is 0.513 e. The second-order valence-corrected chi connectivity index (χ2v) is 8.60. The number of aromatic nitrogens is 2. The van der Waals surface area contributed by atoms with Crippen LogP contribution in [-0.2, 0) is 14.0 Å². The van der Waals surface area contributed by atoms with Crippen molar-refractivity contribution in [3.05, 3.63) is 12.3 Å². The van der Waals surface area contributed by atoms with Gasteiger partial charge in [0.05, 0.1) is 17.2 Å². The van der Waals surface area contributed by atoms with Gasteiger partial charge >= 0.3 is 13.2 Å². The second-order valence-electron chi connectivity index (χ2n) is 8.60. The van der Waals surface area contributed by atoms with E-state index in [0.29, 0.717) is 13.1 Å². The molecule has 0 saturated carbocycles. The number of hydrogen-bond acceptors (Lipinski definition) is 5. The molecule has 0 N–H and O–H groups in total.